The topological polar surface area (TPSA) is 49.6 Å². The summed E-state index contributed by atoms with van der Waals surface area (Å²) in [5.41, 5.74) is 5.73. The highest BCUT2D eigenvalue weighted by Gasteiger charge is 2.30. The van der Waals surface area contributed by atoms with E-state index < -0.39 is 0 Å². The summed E-state index contributed by atoms with van der Waals surface area (Å²) in [7, 11) is 0. The van der Waals surface area contributed by atoms with Crippen molar-refractivity contribution in [1.82, 2.24) is 9.80 Å². The van der Waals surface area contributed by atoms with Gasteiger partial charge in [-0.1, -0.05) is 12.8 Å². The van der Waals surface area contributed by atoms with Crippen LogP contribution in [-0.4, -0.2) is 54.5 Å². The first-order valence-corrected chi connectivity index (χ1v) is 7.42. The number of hydrogen-bond donors (Lipinski definition) is 1. The highest BCUT2D eigenvalue weighted by molar-refractivity contribution is 5.85. The Hall–Kier alpha value is -0.320. The van der Waals surface area contributed by atoms with E-state index in [0.29, 0.717) is 24.4 Å². The minimum absolute atomic E-state index is 0. The second kappa shape index (κ2) is 8.08. The predicted molar refractivity (Wildman–Crippen MR) is 80.5 cm³/mol. The van der Waals surface area contributed by atoms with Crippen LogP contribution in [0.15, 0.2) is 0 Å². The minimum atomic E-state index is 0. The van der Waals surface area contributed by atoms with E-state index in [2.05, 4.69) is 16.7 Å². The molecule has 0 aromatic carbocycles. The van der Waals surface area contributed by atoms with Crippen LogP contribution in [0, 0.1) is 5.92 Å². The molecule has 2 saturated heterocycles. The smallest absolute Gasteiger partial charge is 0.236 e. The molecule has 0 bridgehead atoms. The molecule has 0 aromatic heterocycles. The van der Waals surface area contributed by atoms with Gasteiger partial charge in [0.05, 0.1) is 6.54 Å². The predicted octanol–water partition coefficient (Wildman–Crippen LogP) is 1.48. The number of likely N-dealkylation sites (tertiary alicyclic amines) is 2. The van der Waals surface area contributed by atoms with Crippen molar-refractivity contribution in [3.05, 3.63) is 0 Å². The van der Waals surface area contributed by atoms with Crippen molar-refractivity contribution in [1.29, 1.82) is 0 Å². The van der Waals surface area contributed by atoms with E-state index in [4.69, 9.17) is 5.73 Å². The second-order valence-corrected chi connectivity index (χ2v) is 5.91. The summed E-state index contributed by atoms with van der Waals surface area (Å²) in [4.78, 5) is 16.7. The Labute approximate surface area is 123 Å². The lowest BCUT2D eigenvalue weighted by Gasteiger charge is -2.26. The lowest BCUT2D eigenvalue weighted by molar-refractivity contribution is -0.132. The van der Waals surface area contributed by atoms with Gasteiger partial charge >= 0.3 is 0 Å². The van der Waals surface area contributed by atoms with E-state index in [1.807, 2.05) is 0 Å². The Morgan fingerprint density at radius 1 is 1.21 bits per heavy atom. The van der Waals surface area contributed by atoms with Crippen molar-refractivity contribution in [2.75, 3.05) is 32.7 Å². The zero-order valence-corrected chi connectivity index (χ0v) is 12.8. The number of halogens is 1. The van der Waals surface area contributed by atoms with Crippen LogP contribution < -0.4 is 5.73 Å². The van der Waals surface area contributed by atoms with Gasteiger partial charge in [-0.05, 0) is 38.6 Å². The lowest BCUT2D eigenvalue weighted by Crippen LogP contribution is -2.42. The normalized spacial score (nSPS) is 28.8. The van der Waals surface area contributed by atoms with Crippen molar-refractivity contribution < 1.29 is 4.79 Å². The molecule has 19 heavy (non-hydrogen) atoms. The third kappa shape index (κ3) is 4.62. The third-order valence-electron chi connectivity index (χ3n) is 4.42. The molecule has 2 aliphatic rings. The van der Waals surface area contributed by atoms with Gasteiger partial charge in [0.2, 0.25) is 5.91 Å². The summed E-state index contributed by atoms with van der Waals surface area (Å²) in [6.45, 7) is 6.47. The summed E-state index contributed by atoms with van der Waals surface area (Å²) in [5, 5.41) is 0. The number of rotatable bonds is 3. The fourth-order valence-corrected chi connectivity index (χ4v) is 3.20. The molecule has 2 unspecified atom stereocenters. The first-order valence-electron chi connectivity index (χ1n) is 7.42. The van der Waals surface area contributed by atoms with E-state index in [1.165, 1.54) is 25.7 Å². The average molecular weight is 290 g/mol. The van der Waals surface area contributed by atoms with Gasteiger partial charge in [0.25, 0.3) is 0 Å². The van der Waals surface area contributed by atoms with Gasteiger partial charge in [-0.2, -0.15) is 0 Å². The van der Waals surface area contributed by atoms with Gasteiger partial charge in [0.15, 0.2) is 0 Å². The lowest BCUT2D eigenvalue weighted by atomic mass is 10.1. The van der Waals surface area contributed by atoms with Crippen LogP contribution in [0.4, 0.5) is 0 Å². The zero-order valence-electron chi connectivity index (χ0n) is 12.0. The average Bonchev–Trinajstić information content (AvgIpc) is 2.59. The van der Waals surface area contributed by atoms with Gasteiger partial charge in [0.1, 0.15) is 0 Å². The molecule has 5 heteroatoms. The van der Waals surface area contributed by atoms with E-state index >= 15 is 0 Å². The van der Waals surface area contributed by atoms with E-state index in [0.717, 1.165) is 32.6 Å². The Morgan fingerprint density at radius 3 is 2.37 bits per heavy atom. The third-order valence-corrected chi connectivity index (χ3v) is 4.42. The Morgan fingerprint density at radius 2 is 1.84 bits per heavy atom. The molecule has 0 aliphatic carbocycles. The first-order chi connectivity index (χ1) is 8.70. The van der Waals surface area contributed by atoms with Crippen LogP contribution in [-0.2, 0) is 4.79 Å². The van der Waals surface area contributed by atoms with Crippen molar-refractivity contribution in [3.63, 3.8) is 0 Å². The van der Waals surface area contributed by atoms with Gasteiger partial charge < -0.3 is 10.6 Å². The summed E-state index contributed by atoms with van der Waals surface area (Å²) in [6, 6.07) is 0.509. The molecule has 2 rings (SSSR count). The Bertz CT molecular complexity index is 280. The van der Waals surface area contributed by atoms with E-state index in [9.17, 15) is 4.79 Å². The maximum Gasteiger partial charge on any atom is 0.236 e. The van der Waals surface area contributed by atoms with Crippen molar-refractivity contribution in [2.45, 2.75) is 45.1 Å². The fourth-order valence-electron chi connectivity index (χ4n) is 3.20. The monoisotopic (exact) mass is 289 g/mol. The van der Waals surface area contributed by atoms with Crippen molar-refractivity contribution in [3.8, 4) is 0 Å². The summed E-state index contributed by atoms with van der Waals surface area (Å²) >= 11 is 0. The number of hydrogen-bond acceptors (Lipinski definition) is 3. The van der Waals surface area contributed by atoms with Gasteiger partial charge in [-0.15, -0.1) is 12.4 Å². The largest absolute Gasteiger partial charge is 0.342 e. The molecule has 2 heterocycles. The number of carbonyl (C=O) groups excluding carboxylic acids is 1. The second-order valence-electron chi connectivity index (χ2n) is 5.91. The standard InChI is InChI=1S/C14H27N3O.ClH/c1-12-8-13(9-15)10-17(12)11-14(18)16-6-4-2-3-5-7-16;/h12-13H,2-11,15H2,1H3;1H. The SMILES string of the molecule is CC1CC(CN)CN1CC(=O)N1CCCCCC1.Cl. The summed E-state index contributed by atoms with van der Waals surface area (Å²) < 4.78 is 0. The minimum Gasteiger partial charge on any atom is -0.342 e. The Kier molecular flexibility index (Phi) is 7.11. The highest BCUT2D eigenvalue weighted by atomic mass is 35.5. The molecule has 2 aliphatic heterocycles. The van der Waals surface area contributed by atoms with Crippen molar-refractivity contribution >= 4 is 18.3 Å². The maximum absolute atomic E-state index is 12.3. The molecule has 0 spiro atoms. The van der Waals surface area contributed by atoms with Crippen LogP contribution in [0.1, 0.15) is 39.0 Å². The van der Waals surface area contributed by atoms with E-state index in [1.54, 1.807) is 0 Å². The van der Waals surface area contributed by atoms with Crippen LogP contribution in [0.5, 0.6) is 0 Å². The van der Waals surface area contributed by atoms with Crippen LogP contribution in [0.2, 0.25) is 0 Å². The zero-order chi connectivity index (χ0) is 13.0. The molecule has 2 atom stereocenters. The van der Waals surface area contributed by atoms with E-state index in [-0.39, 0.29) is 12.4 Å². The molecule has 1 amide bonds. The summed E-state index contributed by atoms with van der Waals surface area (Å²) in [6.07, 6.45) is 6.04. The van der Waals surface area contributed by atoms with Gasteiger partial charge in [-0.25, -0.2) is 0 Å². The first kappa shape index (κ1) is 16.7. The molecule has 2 fully saturated rings. The molecule has 2 N–H and O–H groups in total. The molecule has 0 radical (unpaired) electrons. The molecular weight excluding hydrogens is 262 g/mol. The number of nitrogens with two attached hydrogens (primary N) is 1. The van der Waals surface area contributed by atoms with Gasteiger partial charge in [-0.3, -0.25) is 9.69 Å². The molecule has 112 valence electrons. The maximum atomic E-state index is 12.3. The quantitative estimate of drug-likeness (QED) is 0.856. The van der Waals surface area contributed by atoms with Gasteiger partial charge in [0, 0.05) is 25.7 Å². The Balaban J connectivity index is 0.00000180. The molecule has 4 nitrogen and oxygen atoms in total. The van der Waals surface area contributed by atoms with Crippen LogP contribution in [0.3, 0.4) is 0 Å². The molecule has 0 aromatic rings. The number of nitrogens with zero attached hydrogens (tertiary/aromatic N) is 2. The van der Waals surface area contributed by atoms with Crippen LogP contribution >= 0.6 is 12.4 Å². The van der Waals surface area contributed by atoms with Crippen LogP contribution in [0.25, 0.3) is 0 Å². The number of carbonyl (C=O) groups is 1. The summed E-state index contributed by atoms with van der Waals surface area (Å²) in [5.74, 6) is 0.901. The number of amides is 1. The molecular formula is C14H28ClN3O. The highest BCUT2D eigenvalue weighted by Crippen LogP contribution is 2.22. The fraction of sp³-hybridized carbons (Fsp3) is 0.929. The molecule has 0 saturated carbocycles. The van der Waals surface area contributed by atoms with Crippen molar-refractivity contribution in [2.24, 2.45) is 11.7 Å².